The van der Waals surface area contributed by atoms with Crippen LogP contribution in [-0.2, 0) is 19.0 Å². The molecule has 130 valence electrons. The zero-order valence-corrected chi connectivity index (χ0v) is 14.7. The third-order valence-corrected chi connectivity index (χ3v) is 7.43. The molecule has 0 aromatic carbocycles. The predicted molar refractivity (Wildman–Crippen MR) is 82.4 cm³/mol. The Morgan fingerprint density at radius 3 is 2.57 bits per heavy atom. The van der Waals surface area contributed by atoms with Crippen LogP contribution in [0.25, 0.3) is 0 Å². The Kier molecular flexibility index (Phi) is 2.96. The minimum atomic E-state index is -1.14. The molecular weight excluding hydrogens is 296 g/mol. The number of hydrogen-bond acceptors (Lipinski definition) is 5. The summed E-state index contributed by atoms with van der Waals surface area (Å²) in [5, 5.41) is 11.6. The Bertz CT molecular complexity index is 560. The third kappa shape index (κ3) is 1.66. The summed E-state index contributed by atoms with van der Waals surface area (Å²) in [7, 11) is 1.63. The van der Waals surface area contributed by atoms with Gasteiger partial charge in [0, 0.05) is 20.0 Å². The molecule has 0 aromatic heterocycles. The molecule has 1 spiro atoms. The molecule has 1 aliphatic heterocycles. The van der Waals surface area contributed by atoms with Crippen LogP contribution in [0.5, 0.6) is 0 Å². The van der Waals surface area contributed by atoms with Crippen molar-refractivity contribution in [3.05, 3.63) is 0 Å². The van der Waals surface area contributed by atoms with E-state index >= 15 is 0 Å². The molecule has 1 N–H and O–H groups in total. The molecule has 4 aliphatic rings. The van der Waals surface area contributed by atoms with E-state index in [4.69, 9.17) is 14.2 Å². The number of aliphatic hydroxyl groups is 1. The van der Waals surface area contributed by atoms with Crippen molar-refractivity contribution in [1.82, 2.24) is 0 Å². The number of methoxy groups -OCH3 is 1. The maximum Gasteiger partial charge on any atom is 0.303 e. The highest BCUT2D eigenvalue weighted by Gasteiger charge is 2.89. The van der Waals surface area contributed by atoms with Crippen LogP contribution >= 0.6 is 0 Å². The number of rotatable bonds is 2. The van der Waals surface area contributed by atoms with Crippen molar-refractivity contribution in [3.63, 3.8) is 0 Å². The van der Waals surface area contributed by atoms with Crippen LogP contribution in [0.1, 0.15) is 47.0 Å². The molecule has 3 aliphatic carbocycles. The lowest BCUT2D eigenvalue weighted by molar-refractivity contribution is -0.211. The lowest BCUT2D eigenvalue weighted by Crippen LogP contribution is -2.62. The number of carbonyl (C=O) groups is 1. The van der Waals surface area contributed by atoms with Crippen LogP contribution in [-0.4, -0.2) is 42.8 Å². The van der Waals surface area contributed by atoms with Gasteiger partial charge in [-0.15, -0.1) is 0 Å². The summed E-state index contributed by atoms with van der Waals surface area (Å²) in [6.45, 7) is 8.43. The highest BCUT2D eigenvalue weighted by atomic mass is 16.7. The van der Waals surface area contributed by atoms with E-state index in [1.807, 2.05) is 0 Å². The van der Waals surface area contributed by atoms with Crippen LogP contribution in [0.3, 0.4) is 0 Å². The van der Waals surface area contributed by atoms with E-state index in [2.05, 4.69) is 20.8 Å². The Labute approximate surface area is 137 Å². The molecule has 1 saturated heterocycles. The summed E-state index contributed by atoms with van der Waals surface area (Å²) >= 11 is 0. The molecule has 0 radical (unpaired) electrons. The lowest BCUT2D eigenvalue weighted by atomic mass is 9.60. The minimum Gasteiger partial charge on any atom is -0.459 e. The minimum absolute atomic E-state index is 0.00594. The van der Waals surface area contributed by atoms with Gasteiger partial charge in [-0.1, -0.05) is 20.8 Å². The Morgan fingerprint density at radius 2 is 1.96 bits per heavy atom. The molecule has 0 unspecified atom stereocenters. The first-order chi connectivity index (χ1) is 10.6. The van der Waals surface area contributed by atoms with Gasteiger partial charge in [-0.3, -0.25) is 4.79 Å². The van der Waals surface area contributed by atoms with Gasteiger partial charge in [0.1, 0.15) is 11.7 Å². The zero-order valence-electron chi connectivity index (χ0n) is 14.7. The molecular formula is C18H28O5. The van der Waals surface area contributed by atoms with Crippen molar-refractivity contribution in [2.75, 3.05) is 13.7 Å². The van der Waals surface area contributed by atoms with Gasteiger partial charge >= 0.3 is 5.97 Å². The lowest BCUT2D eigenvalue weighted by Gasteiger charge is -2.49. The molecule has 3 saturated carbocycles. The summed E-state index contributed by atoms with van der Waals surface area (Å²) in [6, 6.07) is 0. The van der Waals surface area contributed by atoms with Gasteiger partial charge in [-0.2, -0.15) is 0 Å². The van der Waals surface area contributed by atoms with Gasteiger partial charge in [0.25, 0.3) is 0 Å². The monoisotopic (exact) mass is 324 g/mol. The van der Waals surface area contributed by atoms with E-state index in [0.29, 0.717) is 5.92 Å². The molecule has 0 amide bonds. The molecule has 4 fully saturated rings. The molecule has 7 atom stereocenters. The highest BCUT2D eigenvalue weighted by molar-refractivity contribution is 5.66. The van der Waals surface area contributed by atoms with Crippen LogP contribution < -0.4 is 0 Å². The molecule has 5 nitrogen and oxygen atoms in total. The number of carbonyl (C=O) groups excluding carboxylic acids is 1. The van der Waals surface area contributed by atoms with E-state index in [1.54, 1.807) is 7.11 Å². The number of ether oxygens (including phenoxy) is 3. The maximum atomic E-state index is 11.7. The molecule has 0 bridgehead atoms. The van der Waals surface area contributed by atoms with E-state index in [1.165, 1.54) is 6.92 Å². The van der Waals surface area contributed by atoms with E-state index in [0.717, 1.165) is 19.3 Å². The van der Waals surface area contributed by atoms with Gasteiger partial charge in [-0.05, 0) is 36.0 Å². The highest BCUT2D eigenvalue weighted by Crippen LogP contribution is 2.83. The summed E-state index contributed by atoms with van der Waals surface area (Å²) in [5.74, 6) is 0.298. The topological polar surface area (TPSA) is 65.0 Å². The van der Waals surface area contributed by atoms with Crippen molar-refractivity contribution >= 4 is 5.97 Å². The van der Waals surface area contributed by atoms with Gasteiger partial charge < -0.3 is 19.3 Å². The fourth-order valence-corrected chi connectivity index (χ4v) is 6.62. The Balaban J connectivity index is 1.82. The molecule has 5 heteroatoms. The standard InChI is InChI=1S/C18H28O5/c1-10(19)23-13-11-6-15(2,3)7-12(11)16(4)8-17(16)14(21-5)22-9-18(13,17)20/h11-14,20H,6-9H2,1-5H3/t11-,12+,13+,14-,16-,17+,18+/m1/s1. The van der Waals surface area contributed by atoms with E-state index in [9.17, 15) is 9.90 Å². The fourth-order valence-electron chi connectivity index (χ4n) is 6.62. The second-order valence-corrected chi connectivity index (χ2v) is 9.24. The van der Waals surface area contributed by atoms with Crippen molar-refractivity contribution in [2.45, 2.75) is 65.0 Å². The number of hydrogen-bond donors (Lipinski definition) is 1. The smallest absolute Gasteiger partial charge is 0.303 e. The normalized spacial score (nSPS) is 55.7. The average Bonchev–Trinajstić information content (AvgIpc) is 2.80. The Hall–Kier alpha value is -0.650. The van der Waals surface area contributed by atoms with Gasteiger partial charge in [0.2, 0.25) is 0 Å². The molecule has 0 aromatic rings. The number of fused-ring (bicyclic) bond motifs is 2. The zero-order chi connectivity index (χ0) is 16.8. The van der Waals surface area contributed by atoms with Crippen molar-refractivity contribution in [1.29, 1.82) is 0 Å². The first-order valence-corrected chi connectivity index (χ1v) is 8.65. The summed E-state index contributed by atoms with van der Waals surface area (Å²) in [4.78, 5) is 11.7. The van der Waals surface area contributed by atoms with Crippen molar-refractivity contribution in [2.24, 2.45) is 28.1 Å². The van der Waals surface area contributed by atoms with Gasteiger partial charge in [-0.25, -0.2) is 0 Å². The second-order valence-electron chi connectivity index (χ2n) is 9.24. The number of esters is 1. The average molecular weight is 324 g/mol. The van der Waals surface area contributed by atoms with Crippen molar-refractivity contribution < 1.29 is 24.1 Å². The quantitative estimate of drug-likeness (QED) is 0.788. The Morgan fingerprint density at radius 1 is 1.26 bits per heavy atom. The fraction of sp³-hybridized carbons (Fsp3) is 0.944. The predicted octanol–water partition coefficient (Wildman–Crippen LogP) is 2.11. The summed E-state index contributed by atoms with van der Waals surface area (Å²) < 4.78 is 17.1. The molecule has 4 rings (SSSR count). The first-order valence-electron chi connectivity index (χ1n) is 8.65. The van der Waals surface area contributed by atoms with Gasteiger partial charge in [0.05, 0.1) is 12.0 Å². The molecule has 1 heterocycles. The van der Waals surface area contributed by atoms with Crippen LogP contribution in [0.4, 0.5) is 0 Å². The van der Waals surface area contributed by atoms with Crippen LogP contribution in [0, 0.1) is 28.1 Å². The van der Waals surface area contributed by atoms with Crippen LogP contribution in [0.2, 0.25) is 0 Å². The van der Waals surface area contributed by atoms with E-state index < -0.39 is 23.4 Å². The summed E-state index contributed by atoms with van der Waals surface area (Å²) in [6.07, 6.45) is 2.04. The second kappa shape index (κ2) is 4.30. The van der Waals surface area contributed by atoms with Crippen molar-refractivity contribution in [3.8, 4) is 0 Å². The maximum absolute atomic E-state index is 11.7. The SMILES string of the molecule is CO[C@@H]1OC[C@]2(O)[C@@H](OC(C)=O)[C@@H]3CC(C)(C)C[C@@H]3[C@@]3(C)C[C@]132. The largest absolute Gasteiger partial charge is 0.459 e. The first kappa shape index (κ1) is 15.9. The summed E-state index contributed by atoms with van der Waals surface area (Å²) in [5.41, 5.74) is -1.39. The van der Waals surface area contributed by atoms with Gasteiger partial charge in [0.15, 0.2) is 6.29 Å². The van der Waals surface area contributed by atoms with Crippen LogP contribution in [0.15, 0.2) is 0 Å². The van der Waals surface area contributed by atoms with E-state index in [-0.39, 0.29) is 29.3 Å². The molecule has 23 heavy (non-hydrogen) atoms. The third-order valence-electron chi connectivity index (χ3n) is 7.43.